The van der Waals surface area contributed by atoms with Gasteiger partial charge in [0.1, 0.15) is 0 Å². The second-order valence-electron chi connectivity index (χ2n) is 4.22. The molecule has 0 aromatic heterocycles. The van der Waals surface area contributed by atoms with Gasteiger partial charge in [0.2, 0.25) is 0 Å². The van der Waals surface area contributed by atoms with Gasteiger partial charge in [-0.05, 0) is 37.0 Å². The highest BCUT2D eigenvalue weighted by Gasteiger charge is 2.24. The molecule has 1 unspecified atom stereocenters. The fourth-order valence-corrected chi connectivity index (χ4v) is 2.55. The normalized spacial score (nSPS) is 20.3. The Balaban J connectivity index is 2.49. The van der Waals surface area contributed by atoms with E-state index in [2.05, 4.69) is 24.9 Å². The second kappa shape index (κ2) is 4.03. The average Bonchev–Trinajstić information content (AvgIpc) is 2.24. The van der Waals surface area contributed by atoms with Crippen molar-refractivity contribution in [1.29, 1.82) is 0 Å². The van der Waals surface area contributed by atoms with E-state index in [0.29, 0.717) is 12.6 Å². The quantitative estimate of drug-likeness (QED) is 0.794. The van der Waals surface area contributed by atoms with Crippen LogP contribution in [0.25, 0.3) is 0 Å². The maximum atomic E-state index is 6.14. The highest BCUT2D eigenvalue weighted by Crippen LogP contribution is 2.35. The van der Waals surface area contributed by atoms with E-state index in [0.717, 1.165) is 17.9 Å². The molecule has 0 saturated carbocycles. The van der Waals surface area contributed by atoms with Crippen LogP contribution in [0.3, 0.4) is 0 Å². The summed E-state index contributed by atoms with van der Waals surface area (Å²) in [4.78, 5) is 2.28. The molecular weight excluding hydrogens is 208 g/mol. The fourth-order valence-electron chi connectivity index (χ4n) is 2.40. The molecule has 2 N–H and O–H groups in total. The van der Waals surface area contributed by atoms with E-state index in [-0.39, 0.29) is 0 Å². The van der Waals surface area contributed by atoms with E-state index in [9.17, 15) is 0 Å². The molecule has 3 heteroatoms. The number of hydrogen-bond donors (Lipinski definition) is 1. The zero-order valence-electron chi connectivity index (χ0n) is 9.26. The molecule has 82 valence electrons. The molecule has 1 heterocycles. The molecule has 1 aromatic rings. The summed E-state index contributed by atoms with van der Waals surface area (Å²) in [6.45, 7) is 2.79. The molecule has 0 amide bonds. The van der Waals surface area contributed by atoms with Crippen LogP contribution < -0.4 is 10.6 Å². The van der Waals surface area contributed by atoms with Gasteiger partial charge in [0.25, 0.3) is 0 Å². The minimum Gasteiger partial charge on any atom is -0.370 e. The van der Waals surface area contributed by atoms with Gasteiger partial charge in [-0.3, -0.25) is 0 Å². The maximum absolute atomic E-state index is 6.14. The Morgan fingerprint density at radius 3 is 2.93 bits per heavy atom. The number of nitrogens with zero attached hydrogens (tertiary/aromatic N) is 1. The van der Waals surface area contributed by atoms with Gasteiger partial charge >= 0.3 is 0 Å². The molecule has 0 aliphatic carbocycles. The fraction of sp³-hybridized carbons (Fsp3) is 0.500. The van der Waals surface area contributed by atoms with Crippen molar-refractivity contribution in [1.82, 2.24) is 0 Å². The van der Waals surface area contributed by atoms with E-state index < -0.39 is 0 Å². The predicted octanol–water partition coefficient (Wildman–Crippen LogP) is 2.36. The van der Waals surface area contributed by atoms with Crippen molar-refractivity contribution in [2.75, 3.05) is 18.5 Å². The first kappa shape index (κ1) is 10.8. The number of likely N-dealkylation sites (N-methyl/N-ethyl adjacent to an activating group) is 1. The molecule has 0 saturated heterocycles. The lowest BCUT2D eigenvalue weighted by atomic mass is 9.94. The number of anilines is 1. The summed E-state index contributed by atoms with van der Waals surface area (Å²) in [6.07, 6.45) is 2.25. The van der Waals surface area contributed by atoms with Crippen LogP contribution in [0.15, 0.2) is 12.1 Å². The van der Waals surface area contributed by atoms with E-state index in [4.69, 9.17) is 17.3 Å². The standard InChI is InChI=1S/C12H17ClN2/c1-8-11(13)6-4-9-3-5-10(7-14)15(2)12(8)9/h4,6,10H,3,5,7,14H2,1-2H3. The molecule has 0 bridgehead atoms. The van der Waals surface area contributed by atoms with Crippen LogP contribution in [0, 0.1) is 6.92 Å². The van der Waals surface area contributed by atoms with Gasteiger partial charge in [-0.15, -0.1) is 0 Å². The van der Waals surface area contributed by atoms with E-state index >= 15 is 0 Å². The van der Waals surface area contributed by atoms with Crippen LogP contribution in [0.5, 0.6) is 0 Å². The molecule has 1 aliphatic rings. The smallest absolute Gasteiger partial charge is 0.0456 e. The number of halogens is 1. The van der Waals surface area contributed by atoms with Gasteiger partial charge in [0.15, 0.2) is 0 Å². The summed E-state index contributed by atoms with van der Waals surface area (Å²) >= 11 is 6.14. The zero-order valence-corrected chi connectivity index (χ0v) is 10.0. The molecule has 1 atom stereocenters. The van der Waals surface area contributed by atoms with Gasteiger partial charge in [-0.25, -0.2) is 0 Å². The van der Waals surface area contributed by atoms with Crippen molar-refractivity contribution in [3.8, 4) is 0 Å². The summed E-state index contributed by atoms with van der Waals surface area (Å²) in [5.41, 5.74) is 9.61. The average molecular weight is 225 g/mol. The van der Waals surface area contributed by atoms with E-state index in [1.807, 2.05) is 6.07 Å². The second-order valence-corrected chi connectivity index (χ2v) is 4.63. The van der Waals surface area contributed by atoms with Crippen molar-refractivity contribution in [2.45, 2.75) is 25.8 Å². The zero-order chi connectivity index (χ0) is 11.0. The SMILES string of the molecule is Cc1c(Cl)ccc2c1N(C)C(CN)CC2. The molecule has 1 aliphatic heterocycles. The minimum atomic E-state index is 0.453. The lowest BCUT2D eigenvalue weighted by Gasteiger charge is -2.36. The molecule has 1 aromatic carbocycles. The summed E-state index contributed by atoms with van der Waals surface area (Å²) < 4.78 is 0. The molecule has 0 spiro atoms. The number of nitrogens with two attached hydrogens (primary N) is 1. The van der Waals surface area contributed by atoms with Crippen LogP contribution in [0.1, 0.15) is 17.5 Å². The minimum absolute atomic E-state index is 0.453. The number of benzene rings is 1. The van der Waals surface area contributed by atoms with Gasteiger partial charge in [0, 0.05) is 30.3 Å². The largest absolute Gasteiger partial charge is 0.370 e. The molecule has 2 rings (SSSR count). The summed E-state index contributed by atoms with van der Waals surface area (Å²) in [6, 6.07) is 4.58. The summed E-state index contributed by atoms with van der Waals surface area (Å²) in [5, 5.41) is 0.846. The Kier molecular flexibility index (Phi) is 2.89. The van der Waals surface area contributed by atoms with Crippen molar-refractivity contribution < 1.29 is 0 Å². The molecule has 15 heavy (non-hydrogen) atoms. The van der Waals surface area contributed by atoms with E-state index in [1.54, 1.807) is 0 Å². The molecule has 0 fully saturated rings. The van der Waals surface area contributed by atoms with Crippen LogP contribution in [-0.2, 0) is 6.42 Å². The number of hydrogen-bond acceptors (Lipinski definition) is 2. The Bertz CT molecular complexity index is 376. The van der Waals surface area contributed by atoms with Crippen LogP contribution in [0.4, 0.5) is 5.69 Å². The molecule has 2 nitrogen and oxygen atoms in total. The molecule has 0 radical (unpaired) electrons. The highest BCUT2D eigenvalue weighted by atomic mass is 35.5. The lowest BCUT2D eigenvalue weighted by molar-refractivity contribution is 0.563. The van der Waals surface area contributed by atoms with Crippen molar-refractivity contribution in [3.05, 3.63) is 28.3 Å². The lowest BCUT2D eigenvalue weighted by Crippen LogP contribution is -2.41. The first-order valence-corrected chi connectivity index (χ1v) is 5.73. The third-order valence-electron chi connectivity index (χ3n) is 3.37. The van der Waals surface area contributed by atoms with Crippen molar-refractivity contribution in [3.63, 3.8) is 0 Å². The Hall–Kier alpha value is -0.730. The first-order chi connectivity index (χ1) is 7.15. The predicted molar refractivity (Wildman–Crippen MR) is 65.8 cm³/mol. The Morgan fingerprint density at radius 2 is 2.27 bits per heavy atom. The van der Waals surface area contributed by atoms with Crippen molar-refractivity contribution >= 4 is 17.3 Å². The molecular formula is C12H17ClN2. The van der Waals surface area contributed by atoms with Gasteiger partial charge in [-0.2, -0.15) is 0 Å². The van der Waals surface area contributed by atoms with Gasteiger partial charge < -0.3 is 10.6 Å². The van der Waals surface area contributed by atoms with Crippen molar-refractivity contribution in [2.24, 2.45) is 5.73 Å². The first-order valence-electron chi connectivity index (χ1n) is 5.36. The van der Waals surface area contributed by atoms with Crippen LogP contribution in [-0.4, -0.2) is 19.6 Å². The van der Waals surface area contributed by atoms with Gasteiger partial charge in [0.05, 0.1) is 0 Å². The number of fused-ring (bicyclic) bond motifs is 1. The third-order valence-corrected chi connectivity index (χ3v) is 3.78. The topological polar surface area (TPSA) is 29.3 Å². The number of rotatable bonds is 1. The monoisotopic (exact) mass is 224 g/mol. The third kappa shape index (κ3) is 1.72. The highest BCUT2D eigenvalue weighted by molar-refractivity contribution is 6.31. The number of aryl methyl sites for hydroxylation is 1. The Morgan fingerprint density at radius 1 is 1.53 bits per heavy atom. The summed E-state index contributed by atoms with van der Waals surface area (Å²) in [5.74, 6) is 0. The maximum Gasteiger partial charge on any atom is 0.0456 e. The van der Waals surface area contributed by atoms with Crippen LogP contribution >= 0.6 is 11.6 Å². The van der Waals surface area contributed by atoms with E-state index in [1.165, 1.54) is 16.8 Å². The Labute approximate surface area is 96.0 Å². The summed E-state index contributed by atoms with van der Waals surface area (Å²) in [7, 11) is 2.11. The van der Waals surface area contributed by atoms with Gasteiger partial charge in [-0.1, -0.05) is 17.7 Å². The van der Waals surface area contributed by atoms with Crippen LogP contribution in [0.2, 0.25) is 5.02 Å².